The van der Waals surface area contributed by atoms with Crippen LogP contribution in [0.4, 0.5) is 16.2 Å². The number of carbonyl (C=O) groups is 1. The predicted octanol–water partition coefficient (Wildman–Crippen LogP) is 4.06. The number of hydrogen-bond donors (Lipinski definition) is 1. The highest BCUT2D eigenvalue weighted by Gasteiger charge is 2.24. The summed E-state index contributed by atoms with van der Waals surface area (Å²) < 4.78 is 5.31. The van der Waals surface area contributed by atoms with Crippen LogP contribution in [0, 0.1) is 6.92 Å². The minimum atomic E-state index is -0.152. The number of halogens is 2. The molecule has 0 saturated carbocycles. The lowest BCUT2D eigenvalue weighted by Crippen LogP contribution is -2.50. The van der Waals surface area contributed by atoms with E-state index < -0.39 is 0 Å². The first-order chi connectivity index (χ1) is 12.5. The highest BCUT2D eigenvalue weighted by molar-refractivity contribution is 6.38. The van der Waals surface area contributed by atoms with Gasteiger partial charge < -0.3 is 19.9 Å². The number of aromatic nitrogens is 1. The summed E-state index contributed by atoms with van der Waals surface area (Å²) in [6.45, 7) is 4.38. The lowest BCUT2D eigenvalue weighted by Gasteiger charge is -2.36. The second-order valence-electron chi connectivity index (χ2n) is 6.06. The molecule has 1 N–H and O–H groups in total. The summed E-state index contributed by atoms with van der Waals surface area (Å²) in [6.07, 6.45) is 3.15. The molecule has 0 bridgehead atoms. The van der Waals surface area contributed by atoms with Crippen LogP contribution in [0.5, 0.6) is 5.75 Å². The summed E-state index contributed by atoms with van der Waals surface area (Å²) in [5.74, 6) is 0.637. The number of carbonyl (C=O) groups excluding carboxylic acids is 1. The van der Waals surface area contributed by atoms with Crippen molar-refractivity contribution in [2.75, 3.05) is 43.5 Å². The van der Waals surface area contributed by atoms with Gasteiger partial charge in [0.1, 0.15) is 5.75 Å². The minimum Gasteiger partial charge on any atom is -0.495 e. The molecule has 26 heavy (non-hydrogen) atoms. The number of methoxy groups -OCH3 is 1. The van der Waals surface area contributed by atoms with Crippen LogP contribution in [0.2, 0.25) is 10.0 Å². The van der Waals surface area contributed by atoms with E-state index in [1.165, 1.54) is 0 Å². The van der Waals surface area contributed by atoms with Gasteiger partial charge in [-0.1, -0.05) is 29.3 Å². The summed E-state index contributed by atoms with van der Waals surface area (Å²) in [5.41, 5.74) is 2.48. The van der Waals surface area contributed by atoms with Crippen LogP contribution in [0.15, 0.2) is 30.6 Å². The number of amides is 2. The number of ether oxygens (including phenoxy) is 1. The normalized spacial score (nSPS) is 14.3. The molecule has 2 heterocycles. The first-order valence-corrected chi connectivity index (χ1v) is 8.99. The molecule has 0 unspecified atom stereocenters. The summed E-state index contributed by atoms with van der Waals surface area (Å²) in [5, 5.41) is 3.96. The molecule has 0 spiro atoms. The third-order valence-electron chi connectivity index (χ3n) is 4.31. The smallest absolute Gasteiger partial charge is 0.322 e. The Balaban J connectivity index is 1.65. The summed E-state index contributed by atoms with van der Waals surface area (Å²) in [6, 6.07) is 5.52. The van der Waals surface area contributed by atoms with Gasteiger partial charge in [0.15, 0.2) is 0 Å². The van der Waals surface area contributed by atoms with E-state index in [9.17, 15) is 4.79 Å². The van der Waals surface area contributed by atoms with E-state index in [1.54, 1.807) is 24.4 Å². The van der Waals surface area contributed by atoms with E-state index in [1.807, 2.05) is 25.1 Å². The lowest BCUT2D eigenvalue weighted by molar-refractivity contribution is 0.208. The number of anilines is 2. The molecule has 1 aromatic carbocycles. The molecule has 0 atom stereocenters. The van der Waals surface area contributed by atoms with Crippen molar-refractivity contribution in [1.82, 2.24) is 9.88 Å². The zero-order chi connectivity index (χ0) is 18.7. The van der Waals surface area contributed by atoms with Crippen molar-refractivity contribution in [2.45, 2.75) is 6.92 Å². The van der Waals surface area contributed by atoms with E-state index >= 15 is 0 Å². The van der Waals surface area contributed by atoms with Crippen molar-refractivity contribution < 1.29 is 9.53 Å². The van der Waals surface area contributed by atoms with Crippen LogP contribution >= 0.6 is 23.2 Å². The molecule has 3 rings (SSSR count). The van der Waals surface area contributed by atoms with Gasteiger partial charge >= 0.3 is 6.03 Å². The number of rotatable bonds is 3. The van der Waals surface area contributed by atoms with Gasteiger partial charge in [-0.15, -0.1) is 0 Å². The third-order valence-corrected chi connectivity index (χ3v) is 4.86. The van der Waals surface area contributed by atoms with Gasteiger partial charge in [-0.2, -0.15) is 0 Å². The molecule has 2 amide bonds. The van der Waals surface area contributed by atoms with Crippen LogP contribution in [0.25, 0.3) is 0 Å². The van der Waals surface area contributed by atoms with Gasteiger partial charge in [0.2, 0.25) is 0 Å². The molecule has 2 aromatic rings. The molecule has 1 aliphatic heterocycles. The number of nitrogens with one attached hydrogen (secondary N) is 1. The molecule has 1 aliphatic rings. The van der Waals surface area contributed by atoms with Crippen LogP contribution in [-0.2, 0) is 0 Å². The molecular formula is C18H20Cl2N4O2. The number of pyridine rings is 1. The molecular weight excluding hydrogens is 375 g/mol. The van der Waals surface area contributed by atoms with Crippen molar-refractivity contribution in [3.63, 3.8) is 0 Å². The van der Waals surface area contributed by atoms with Crippen LogP contribution in [0.3, 0.4) is 0 Å². The average molecular weight is 395 g/mol. The zero-order valence-electron chi connectivity index (χ0n) is 14.6. The van der Waals surface area contributed by atoms with E-state index in [4.69, 9.17) is 27.9 Å². The van der Waals surface area contributed by atoms with Gasteiger partial charge in [0.05, 0.1) is 28.5 Å². The number of nitrogens with zero attached hydrogens (tertiary/aromatic N) is 3. The fourth-order valence-electron chi connectivity index (χ4n) is 2.95. The third kappa shape index (κ3) is 3.97. The molecule has 1 fully saturated rings. The van der Waals surface area contributed by atoms with Crippen molar-refractivity contribution >= 4 is 40.6 Å². The molecule has 1 aromatic heterocycles. The molecule has 138 valence electrons. The fraction of sp³-hybridized carbons (Fsp3) is 0.333. The summed E-state index contributed by atoms with van der Waals surface area (Å²) in [4.78, 5) is 20.4. The zero-order valence-corrected chi connectivity index (χ0v) is 16.1. The monoisotopic (exact) mass is 394 g/mol. The minimum absolute atomic E-state index is 0.152. The van der Waals surface area contributed by atoms with Gasteiger partial charge in [0, 0.05) is 38.6 Å². The highest BCUT2D eigenvalue weighted by atomic mass is 35.5. The van der Waals surface area contributed by atoms with Crippen LogP contribution < -0.4 is 15.0 Å². The second kappa shape index (κ2) is 8.01. The van der Waals surface area contributed by atoms with Crippen molar-refractivity contribution in [3.8, 4) is 5.75 Å². The average Bonchev–Trinajstić information content (AvgIpc) is 2.62. The summed E-state index contributed by atoms with van der Waals surface area (Å²) in [7, 11) is 1.58. The quantitative estimate of drug-likeness (QED) is 0.852. The Kier molecular flexibility index (Phi) is 5.74. The van der Waals surface area contributed by atoms with E-state index in [-0.39, 0.29) is 6.03 Å². The van der Waals surface area contributed by atoms with E-state index in [0.29, 0.717) is 47.7 Å². The van der Waals surface area contributed by atoms with Crippen molar-refractivity contribution in [1.29, 1.82) is 0 Å². The number of urea groups is 1. The maximum atomic E-state index is 12.6. The van der Waals surface area contributed by atoms with Gasteiger partial charge in [-0.05, 0) is 24.6 Å². The summed E-state index contributed by atoms with van der Waals surface area (Å²) >= 11 is 12.4. The lowest BCUT2D eigenvalue weighted by atomic mass is 10.2. The topological polar surface area (TPSA) is 57.7 Å². The molecule has 1 saturated heterocycles. The Labute approximate surface area is 162 Å². The largest absolute Gasteiger partial charge is 0.495 e. The number of benzene rings is 1. The number of piperazine rings is 1. The van der Waals surface area contributed by atoms with E-state index in [0.717, 1.165) is 11.3 Å². The van der Waals surface area contributed by atoms with Gasteiger partial charge in [0.25, 0.3) is 0 Å². The Morgan fingerprint density at radius 1 is 1.15 bits per heavy atom. The maximum Gasteiger partial charge on any atom is 0.322 e. The van der Waals surface area contributed by atoms with Crippen molar-refractivity contribution in [2.24, 2.45) is 0 Å². The maximum absolute atomic E-state index is 12.6. The first-order valence-electron chi connectivity index (χ1n) is 8.24. The Bertz CT molecular complexity index is 788. The first kappa shape index (κ1) is 18.6. The van der Waals surface area contributed by atoms with Gasteiger partial charge in [-0.3, -0.25) is 4.98 Å². The van der Waals surface area contributed by atoms with Gasteiger partial charge in [-0.25, -0.2) is 4.79 Å². The van der Waals surface area contributed by atoms with Crippen LogP contribution in [0.1, 0.15) is 5.56 Å². The SMILES string of the molecule is COc1ccc(C)cc1NC(=O)N1CCN(c2c(Cl)cncc2Cl)CC1. The number of aryl methyl sites for hydroxylation is 1. The predicted molar refractivity (Wildman–Crippen MR) is 105 cm³/mol. The Hall–Kier alpha value is -2.18. The molecule has 6 nitrogen and oxygen atoms in total. The standard InChI is InChI=1S/C18H20Cl2N4O2/c1-12-3-4-16(26-2)15(9-12)22-18(25)24-7-5-23(6-8-24)17-13(19)10-21-11-14(17)20/h3-4,9-11H,5-8H2,1-2H3,(H,22,25). The highest BCUT2D eigenvalue weighted by Crippen LogP contribution is 2.33. The van der Waals surface area contributed by atoms with Crippen molar-refractivity contribution in [3.05, 3.63) is 46.2 Å². The van der Waals surface area contributed by atoms with Crippen LogP contribution in [-0.4, -0.2) is 49.2 Å². The second-order valence-corrected chi connectivity index (χ2v) is 6.87. The Morgan fingerprint density at radius 2 is 1.81 bits per heavy atom. The molecule has 0 radical (unpaired) electrons. The van der Waals surface area contributed by atoms with E-state index in [2.05, 4.69) is 15.2 Å². The number of hydrogen-bond acceptors (Lipinski definition) is 4. The Morgan fingerprint density at radius 3 is 2.42 bits per heavy atom. The molecule has 0 aliphatic carbocycles. The fourth-order valence-corrected chi connectivity index (χ4v) is 3.56. The molecule has 8 heteroatoms.